The molecule has 0 saturated heterocycles. The molecule has 0 saturated carbocycles. The van der Waals surface area contributed by atoms with E-state index in [1.807, 2.05) is 7.05 Å². The Kier molecular flexibility index (Phi) is 3.38. The standard InChI is InChI=1S/C10H10N4O2S/c1-14-9(12-6-13-14)5-17-7-2-3-11-8(4-7)10(15)16/h2-4,6H,5H2,1H3,(H,15,16). The molecule has 2 aromatic rings. The maximum atomic E-state index is 10.7. The molecule has 0 unspecified atom stereocenters. The molecule has 0 aliphatic rings. The normalized spacial score (nSPS) is 10.4. The van der Waals surface area contributed by atoms with Gasteiger partial charge in [-0.3, -0.25) is 4.68 Å². The molecule has 0 radical (unpaired) electrons. The van der Waals surface area contributed by atoms with Gasteiger partial charge in [0, 0.05) is 18.1 Å². The van der Waals surface area contributed by atoms with Gasteiger partial charge in [0.1, 0.15) is 17.8 Å². The number of nitrogens with zero attached hydrogens (tertiary/aromatic N) is 4. The number of rotatable bonds is 4. The summed E-state index contributed by atoms with van der Waals surface area (Å²) in [5, 5.41) is 12.8. The highest BCUT2D eigenvalue weighted by atomic mass is 32.2. The Labute approximate surface area is 102 Å². The molecule has 0 atom stereocenters. The molecular weight excluding hydrogens is 240 g/mol. The summed E-state index contributed by atoms with van der Waals surface area (Å²) in [5.74, 6) is 0.453. The van der Waals surface area contributed by atoms with Crippen LogP contribution < -0.4 is 0 Å². The third-order valence-electron chi connectivity index (χ3n) is 2.12. The first-order valence-electron chi connectivity index (χ1n) is 4.82. The Morgan fingerprint density at radius 2 is 2.35 bits per heavy atom. The molecule has 2 heterocycles. The van der Waals surface area contributed by atoms with Crippen molar-refractivity contribution in [1.29, 1.82) is 0 Å². The largest absolute Gasteiger partial charge is 0.477 e. The molecule has 0 aromatic carbocycles. The molecule has 2 rings (SSSR count). The van der Waals surface area contributed by atoms with Gasteiger partial charge in [-0.05, 0) is 12.1 Å². The summed E-state index contributed by atoms with van der Waals surface area (Å²) in [5.41, 5.74) is 0.0490. The van der Waals surface area contributed by atoms with Gasteiger partial charge in [0.2, 0.25) is 0 Å². The lowest BCUT2D eigenvalue weighted by Crippen LogP contribution is -2.00. The summed E-state index contributed by atoms with van der Waals surface area (Å²) in [6.45, 7) is 0. The highest BCUT2D eigenvalue weighted by Gasteiger charge is 2.06. The fourth-order valence-corrected chi connectivity index (χ4v) is 2.13. The molecule has 0 fully saturated rings. The summed E-state index contributed by atoms with van der Waals surface area (Å²) in [4.78, 5) is 19.4. The minimum absolute atomic E-state index is 0.0490. The second kappa shape index (κ2) is 4.96. The lowest BCUT2D eigenvalue weighted by atomic mass is 10.3. The van der Waals surface area contributed by atoms with Crippen molar-refractivity contribution >= 4 is 17.7 Å². The van der Waals surface area contributed by atoms with Gasteiger partial charge in [0.05, 0.1) is 5.75 Å². The number of aromatic carboxylic acids is 1. The zero-order valence-corrected chi connectivity index (χ0v) is 9.89. The number of aromatic nitrogens is 4. The quantitative estimate of drug-likeness (QED) is 0.821. The van der Waals surface area contributed by atoms with Crippen LogP contribution in [0.15, 0.2) is 29.6 Å². The lowest BCUT2D eigenvalue weighted by molar-refractivity contribution is 0.0690. The summed E-state index contributed by atoms with van der Waals surface area (Å²) in [6, 6.07) is 3.32. The Hall–Kier alpha value is -1.89. The van der Waals surface area contributed by atoms with Crippen LogP contribution in [0.3, 0.4) is 0 Å². The second-order valence-electron chi connectivity index (χ2n) is 3.27. The van der Waals surface area contributed by atoms with Gasteiger partial charge >= 0.3 is 5.97 Å². The zero-order chi connectivity index (χ0) is 12.3. The Bertz CT molecular complexity index is 541. The summed E-state index contributed by atoms with van der Waals surface area (Å²) < 4.78 is 1.69. The maximum Gasteiger partial charge on any atom is 0.354 e. The summed E-state index contributed by atoms with van der Waals surface area (Å²) >= 11 is 1.50. The fourth-order valence-electron chi connectivity index (χ4n) is 1.22. The van der Waals surface area contributed by atoms with E-state index >= 15 is 0 Å². The number of hydrogen-bond donors (Lipinski definition) is 1. The molecule has 7 heteroatoms. The molecule has 6 nitrogen and oxygen atoms in total. The highest BCUT2D eigenvalue weighted by Crippen LogP contribution is 2.21. The van der Waals surface area contributed by atoms with Crippen LogP contribution in [-0.2, 0) is 12.8 Å². The molecule has 0 amide bonds. The minimum Gasteiger partial charge on any atom is -0.477 e. The van der Waals surface area contributed by atoms with Crippen molar-refractivity contribution < 1.29 is 9.90 Å². The van der Waals surface area contributed by atoms with E-state index in [-0.39, 0.29) is 5.69 Å². The smallest absolute Gasteiger partial charge is 0.354 e. The molecule has 2 aromatic heterocycles. The van der Waals surface area contributed by atoms with Crippen LogP contribution in [-0.4, -0.2) is 30.8 Å². The average molecular weight is 250 g/mol. The van der Waals surface area contributed by atoms with E-state index in [4.69, 9.17) is 5.11 Å². The van der Waals surface area contributed by atoms with Crippen LogP contribution in [0.2, 0.25) is 0 Å². The number of pyridine rings is 1. The van der Waals surface area contributed by atoms with E-state index in [0.717, 1.165) is 10.7 Å². The number of aryl methyl sites for hydroxylation is 1. The van der Waals surface area contributed by atoms with E-state index in [1.54, 1.807) is 16.8 Å². The van der Waals surface area contributed by atoms with Gasteiger partial charge < -0.3 is 5.11 Å². The number of hydrogen-bond acceptors (Lipinski definition) is 5. The molecule has 0 aliphatic carbocycles. The molecule has 0 bridgehead atoms. The maximum absolute atomic E-state index is 10.7. The second-order valence-corrected chi connectivity index (χ2v) is 4.32. The van der Waals surface area contributed by atoms with E-state index < -0.39 is 5.97 Å². The molecule has 0 spiro atoms. The van der Waals surface area contributed by atoms with Crippen molar-refractivity contribution in [3.8, 4) is 0 Å². The first kappa shape index (κ1) is 11.6. The Balaban J connectivity index is 2.07. The Morgan fingerprint density at radius 3 is 3.00 bits per heavy atom. The van der Waals surface area contributed by atoms with Gasteiger partial charge in [-0.1, -0.05) is 0 Å². The zero-order valence-electron chi connectivity index (χ0n) is 9.07. The van der Waals surface area contributed by atoms with E-state index in [0.29, 0.717) is 5.75 Å². The SMILES string of the molecule is Cn1ncnc1CSc1ccnc(C(=O)O)c1. The third-order valence-corrected chi connectivity index (χ3v) is 3.11. The van der Waals surface area contributed by atoms with Crippen LogP contribution >= 0.6 is 11.8 Å². The molecular formula is C10H10N4O2S. The molecule has 1 N–H and O–H groups in total. The van der Waals surface area contributed by atoms with Gasteiger partial charge in [-0.25, -0.2) is 14.8 Å². The van der Waals surface area contributed by atoms with Crippen LogP contribution in [0.1, 0.15) is 16.3 Å². The predicted octanol–water partition coefficient (Wildman–Crippen LogP) is 1.20. The lowest BCUT2D eigenvalue weighted by Gasteiger charge is -2.01. The molecule has 17 heavy (non-hydrogen) atoms. The first-order valence-corrected chi connectivity index (χ1v) is 5.80. The monoisotopic (exact) mass is 250 g/mol. The van der Waals surface area contributed by atoms with E-state index in [2.05, 4.69) is 15.1 Å². The topological polar surface area (TPSA) is 80.9 Å². The number of carboxylic acid groups (broad SMARTS) is 1. The van der Waals surface area contributed by atoms with E-state index in [9.17, 15) is 4.79 Å². The third kappa shape index (κ3) is 2.82. The number of carboxylic acids is 1. The van der Waals surface area contributed by atoms with Crippen LogP contribution in [0.4, 0.5) is 0 Å². The van der Waals surface area contributed by atoms with Crippen LogP contribution in [0, 0.1) is 0 Å². The predicted molar refractivity (Wildman–Crippen MR) is 61.8 cm³/mol. The minimum atomic E-state index is -1.02. The van der Waals surface area contributed by atoms with Gasteiger partial charge in [-0.2, -0.15) is 5.10 Å². The average Bonchev–Trinajstić information content (AvgIpc) is 2.72. The van der Waals surface area contributed by atoms with Crippen molar-refractivity contribution in [1.82, 2.24) is 19.7 Å². The van der Waals surface area contributed by atoms with Crippen molar-refractivity contribution in [2.24, 2.45) is 7.05 Å². The first-order chi connectivity index (χ1) is 8.16. The van der Waals surface area contributed by atoms with Crippen molar-refractivity contribution in [3.05, 3.63) is 36.2 Å². The molecule has 88 valence electrons. The van der Waals surface area contributed by atoms with Gasteiger partial charge in [0.15, 0.2) is 0 Å². The van der Waals surface area contributed by atoms with Crippen LogP contribution in [0.5, 0.6) is 0 Å². The van der Waals surface area contributed by atoms with Crippen LogP contribution in [0.25, 0.3) is 0 Å². The van der Waals surface area contributed by atoms with Crippen molar-refractivity contribution in [3.63, 3.8) is 0 Å². The van der Waals surface area contributed by atoms with Crippen molar-refractivity contribution in [2.75, 3.05) is 0 Å². The van der Waals surface area contributed by atoms with E-state index in [1.165, 1.54) is 24.3 Å². The summed E-state index contributed by atoms with van der Waals surface area (Å²) in [6.07, 6.45) is 2.98. The van der Waals surface area contributed by atoms with Gasteiger partial charge in [-0.15, -0.1) is 11.8 Å². The summed E-state index contributed by atoms with van der Waals surface area (Å²) in [7, 11) is 1.82. The Morgan fingerprint density at radius 1 is 1.53 bits per heavy atom. The molecule has 0 aliphatic heterocycles. The fraction of sp³-hybridized carbons (Fsp3) is 0.200. The number of carbonyl (C=O) groups is 1. The highest BCUT2D eigenvalue weighted by molar-refractivity contribution is 7.98. The van der Waals surface area contributed by atoms with Gasteiger partial charge in [0.25, 0.3) is 0 Å². The van der Waals surface area contributed by atoms with Crippen molar-refractivity contribution in [2.45, 2.75) is 10.6 Å². The number of thioether (sulfide) groups is 1.